The fourth-order valence-corrected chi connectivity index (χ4v) is 6.47. The molecule has 29 heavy (non-hydrogen) atoms. The molecule has 1 N–H and O–H groups in total. The van der Waals surface area contributed by atoms with Gasteiger partial charge < -0.3 is 10.0 Å². The summed E-state index contributed by atoms with van der Waals surface area (Å²) in [5.41, 5.74) is 1.49. The second kappa shape index (κ2) is 8.42. The zero-order valence-electron chi connectivity index (χ0n) is 16.2. The molecule has 0 unspecified atom stereocenters. The number of nitrogens with zero attached hydrogens (tertiary/aromatic N) is 3. The van der Waals surface area contributed by atoms with E-state index in [2.05, 4.69) is 4.90 Å². The van der Waals surface area contributed by atoms with E-state index in [4.69, 9.17) is 21.6 Å². The van der Waals surface area contributed by atoms with Gasteiger partial charge in [0.25, 0.3) is 0 Å². The number of hydrogen-bond donors (Lipinski definition) is 1. The molecule has 0 amide bonds. The molecule has 1 aliphatic heterocycles. The van der Waals surface area contributed by atoms with E-state index in [1.54, 1.807) is 11.8 Å². The normalized spacial score (nSPS) is 17.2. The smallest absolute Gasteiger partial charge is 0.142 e. The number of halogens is 1. The monoisotopic (exact) mass is 445 g/mol. The molecule has 2 aromatic heterocycles. The molecule has 1 aliphatic carbocycles. The van der Waals surface area contributed by atoms with E-state index < -0.39 is 0 Å². The van der Waals surface area contributed by atoms with Gasteiger partial charge >= 0.3 is 0 Å². The number of benzene rings is 1. The van der Waals surface area contributed by atoms with Gasteiger partial charge in [0.2, 0.25) is 0 Å². The zero-order chi connectivity index (χ0) is 19.8. The molecule has 4 nitrogen and oxygen atoms in total. The third-order valence-electron chi connectivity index (χ3n) is 5.95. The molecular formula is C22H24ClN3OS2. The summed E-state index contributed by atoms with van der Waals surface area (Å²) >= 11 is 9.62. The Labute approximate surface area is 184 Å². The number of piperidine rings is 1. The number of hydrogen-bond acceptors (Lipinski definition) is 6. The molecule has 3 aromatic rings. The third-order valence-corrected chi connectivity index (χ3v) is 8.39. The quantitative estimate of drug-likeness (QED) is 0.537. The molecule has 5 rings (SSSR count). The van der Waals surface area contributed by atoms with Crippen molar-refractivity contribution in [3.63, 3.8) is 0 Å². The van der Waals surface area contributed by atoms with Gasteiger partial charge in [-0.1, -0.05) is 11.6 Å². The Morgan fingerprint density at radius 2 is 1.93 bits per heavy atom. The van der Waals surface area contributed by atoms with Crippen molar-refractivity contribution in [2.45, 2.75) is 42.8 Å². The number of thiophene rings is 1. The number of aliphatic hydroxyl groups is 1. The minimum Gasteiger partial charge on any atom is -0.396 e. The van der Waals surface area contributed by atoms with E-state index in [-0.39, 0.29) is 0 Å². The third kappa shape index (κ3) is 4.00. The molecule has 1 aromatic carbocycles. The Balaban J connectivity index is 1.47. The molecule has 1 saturated heterocycles. The molecule has 0 saturated carbocycles. The summed E-state index contributed by atoms with van der Waals surface area (Å²) < 4.78 is 0. The van der Waals surface area contributed by atoms with Gasteiger partial charge in [0.05, 0.1) is 11.1 Å². The van der Waals surface area contributed by atoms with Crippen LogP contribution >= 0.6 is 34.7 Å². The van der Waals surface area contributed by atoms with Crippen LogP contribution in [0.5, 0.6) is 0 Å². The van der Waals surface area contributed by atoms with Crippen LogP contribution in [0.3, 0.4) is 0 Å². The fraction of sp³-hybridized carbons (Fsp3) is 0.455. The van der Waals surface area contributed by atoms with Gasteiger partial charge in [0.15, 0.2) is 0 Å². The van der Waals surface area contributed by atoms with Crippen LogP contribution < -0.4 is 4.90 Å². The maximum absolute atomic E-state index is 9.50. The maximum atomic E-state index is 9.50. The topological polar surface area (TPSA) is 49.2 Å². The van der Waals surface area contributed by atoms with E-state index >= 15 is 0 Å². The van der Waals surface area contributed by atoms with Gasteiger partial charge in [-0.15, -0.1) is 23.1 Å². The largest absolute Gasteiger partial charge is 0.396 e. The molecule has 152 valence electrons. The summed E-state index contributed by atoms with van der Waals surface area (Å²) in [5.74, 6) is 3.20. The molecule has 3 heterocycles. The Bertz CT molecular complexity index is 1010. The lowest BCUT2D eigenvalue weighted by Gasteiger charge is -2.32. The number of fused-ring (bicyclic) bond motifs is 3. The molecule has 7 heteroatoms. The fourth-order valence-electron chi connectivity index (χ4n) is 4.32. The second-order valence-electron chi connectivity index (χ2n) is 7.86. The number of thioether (sulfide) groups is 1. The zero-order valence-corrected chi connectivity index (χ0v) is 18.6. The average molecular weight is 446 g/mol. The van der Waals surface area contributed by atoms with E-state index in [0.717, 1.165) is 59.6 Å². The summed E-state index contributed by atoms with van der Waals surface area (Å²) in [6.45, 7) is 2.22. The van der Waals surface area contributed by atoms with Crippen molar-refractivity contribution in [3.8, 4) is 0 Å². The molecule has 0 spiro atoms. The van der Waals surface area contributed by atoms with Crippen LogP contribution in [0, 0.1) is 5.92 Å². The standard InChI is InChI=1S/C22H24ClN3OS2/c23-15-4-6-16(7-5-15)28-13-19-24-21(26-10-8-14(12-27)9-11-26)20-17-2-1-3-18(17)29-22(20)25-19/h4-7,14,27H,1-3,8-13H2. The van der Waals surface area contributed by atoms with Crippen molar-refractivity contribution in [1.29, 1.82) is 0 Å². The van der Waals surface area contributed by atoms with Gasteiger partial charge in [-0.25, -0.2) is 9.97 Å². The summed E-state index contributed by atoms with van der Waals surface area (Å²) in [7, 11) is 0. The lowest BCUT2D eigenvalue weighted by molar-refractivity contribution is 0.203. The van der Waals surface area contributed by atoms with Crippen LogP contribution in [0.25, 0.3) is 10.2 Å². The highest BCUT2D eigenvalue weighted by molar-refractivity contribution is 7.98. The van der Waals surface area contributed by atoms with Gasteiger partial charge in [0.1, 0.15) is 16.5 Å². The minimum absolute atomic E-state index is 0.295. The van der Waals surface area contributed by atoms with Crippen molar-refractivity contribution in [2.75, 3.05) is 24.6 Å². The van der Waals surface area contributed by atoms with Crippen LogP contribution in [0.1, 0.15) is 35.5 Å². The van der Waals surface area contributed by atoms with Gasteiger partial charge in [-0.05, 0) is 67.9 Å². The Kier molecular flexibility index (Phi) is 5.69. The maximum Gasteiger partial charge on any atom is 0.142 e. The number of aromatic nitrogens is 2. The first-order valence-corrected chi connectivity index (χ1v) is 12.4. The highest BCUT2D eigenvalue weighted by Crippen LogP contribution is 2.41. The second-order valence-corrected chi connectivity index (χ2v) is 10.4. The first-order chi connectivity index (χ1) is 14.2. The first kappa shape index (κ1) is 19.6. The predicted octanol–water partition coefficient (Wildman–Crippen LogP) is 5.33. The summed E-state index contributed by atoms with van der Waals surface area (Å²) in [4.78, 5) is 16.3. The Morgan fingerprint density at radius 3 is 2.69 bits per heavy atom. The Morgan fingerprint density at radius 1 is 1.14 bits per heavy atom. The van der Waals surface area contributed by atoms with Crippen molar-refractivity contribution in [2.24, 2.45) is 5.92 Å². The van der Waals surface area contributed by atoms with Gasteiger partial charge in [0, 0.05) is 34.5 Å². The number of rotatable bonds is 5. The molecule has 0 radical (unpaired) electrons. The van der Waals surface area contributed by atoms with Crippen LogP contribution in [-0.2, 0) is 18.6 Å². The number of anilines is 1. The molecular weight excluding hydrogens is 422 g/mol. The molecule has 0 atom stereocenters. The van der Waals surface area contributed by atoms with Crippen LogP contribution in [0.2, 0.25) is 5.02 Å². The average Bonchev–Trinajstić information content (AvgIpc) is 3.34. The molecule has 0 bridgehead atoms. The Hall–Kier alpha value is -1.34. The van der Waals surface area contributed by atoms with E-state index in [1.807, 2.05) is 35.6 Å². The van der Waals surface area contributed by atoms with Crippen molar-refractivity contribution in [1.82, 2.24) is 9.97 Å². The molecule has 1 fully saturated rings. The van der Waals surface area contributed by atoms with Gasteiger partial charge in [-0.3, -0.25) is 0 Å². The van der Waals surface area contributed by atoms with E-state index in [1.165, 1.54) is 33.6 Å². The minimum atomic E-state index is 0.295. The summed E-state index contributed by atoms with van der Waals surface area (Å²) in [5, 5.41) is 11.6. The highest BCUT2D eigenvalue weighted by atomic mass is 35.5. The van der Waals surface area contributed by atoms with Gasteiger partial charge in [-0.2, -0.15) is 0 Å². The molecule has 2 aliphatic rings. The number of aryl methyl sites for hydroxylation is 2. The summed E-state index contributed by atoms with van der Waals surface area (Å²) in [6.07, 6.45) is 5.64. The predicted molar refractivity (Wildman–Crippen MR) is 122 cm³/mol. The highest BCUT2D eigenvalue weighted by Gasteiger charge is 2.27. The summed E-state index contributed by atoms with van der Waals surface area (Å²) in [6, 6.07) is 7.95. The number of aliphatic hydroxyl groups excluding tert-OH is 1. The van der Waals surface area contributed by atoms with E-state index in [9.17, 15) is 5.11 Å². The first-order valence-electron chi connectivity index (χ1n) is 10.3. The van der Waals surface area contributed by atoms with Crippen molar-refractivity contribution >= 4 is 50.7 Å². The lowest BCUT2D eigenvalue weighted by atomic mass is 9.97. The van der Waals surface area contributed by atoms with Crippen molar-refractivity contribution in [3.05, 3.63) is 45.6 Å². The SMILES string of the molecule is OCC1CCN(c2nc(CSc3ccc(Cl)cc3)nc3sc4c(c23)CCC4)CC1. The van der Waals surface area contributed by atoms with Crippen molar-refractivity contribution < 1.29 is 5.11 Å². The van der Waals surface area contributed by atoms with Crippen LogP contribution in [0.15, 0.2) is 29.2 Å². The van der Waals surface area contributed by atoms with Crippen LogP contribution in [-0.4, -0.2) is 34.8 Å². The van der Waals surface area contributed by atoms with E-state index in [0.29, 0.717) is 12.5 Å². The lowest BCUT2D eigenvalue weighted by Crippen LogP contribution is -2.35. The van der Waals surface area contributed by atoms with Crippen LogP contribution in [0.4, 0.5) is 5.82 Å².